The van der Waals surface area contributed by atoms with Crippen molar-refractivity contribution in [2.45, 2.75) is 13.1 Å². The van der Waals surface area contributed by atoms with Crippen molar-refractivity contribution in [2.24, 2.45) is 0 Å². The molecule has 0 saturated heterocycles. The van der Waals surface area contributed by atoms with Crippen molar-refractivity contribution in [1.29, 1.82) is 0 Å². The maximum absolute atomic E-state index is 13.5. The summed E-state index contributed by atoms with van der Waals surface area (Å²) in [5.41, 5.74) is 2.37. The van der Waals surface area contributed by atoms with E-state index in [1.54, 1.807) is 17.0 Å². The lowest BCUT2D eigenvalue weighted by atomic mass is 10.2. The minimum absolute atomic E-state index is 0.232. The summed E-state index contributed by atoms with van der Waals surface area (Å²) in [6, 6.07) is 17.3. The van der Waals surface area contributed by atoms with Gasteiger partial charge in [-0.2, -0.15) is 0 Å². The third kappa shape index (κ3) is 4.86. The maximum Gasteiger partial charge on any atom is 0.254 e. The Balaban J connectivity index is 1.80. The Morgan fingerprint density at radius 1 is 1.15 bits per heavy atom. The quantitative estimate of drug-likeness (QED) is 0.518. The molecule has 2 aromatic carbocycles. The van der Waals surface area contributed by atoms with Crippen molar-refractivity contribution in [3.8, 4) is 0 Å². The second-order valence-corrected chi connectivity index (χ2v) is 6.68. The maximum atomic E-state index is 13.5. The number of hydrogen-bond acceptors (Lipinski definition) is 1. The topological polar surface area (TPSA) is 25.2 Å². The summed E-state index contributed by atoms with van der Waals surface area (Å²) in [4.78, 5) is 14.5. The summed E-state index contributed by atoms with van der Waals surface area (Å²) in [5, 5.41) is 0.691. The van der Waals surface area contributed by atoms with E-state index in [0.29, 0.717) is 30.2 Å². The molecule has 27 heavy (non-hydrogen) atoms. The van der Waals surface area contributed by atoms with Gasteiger partial charge in [-0.1, -0.05) is 35.9 Å². The molecule has 0 N–H and O–H groups in total. The Kier molecular flexibility index (Phi) is 6.09. The van der Waals surface area contributed by atoms with Crippen LogP contribution in [-0.4, -0.2) is 21.9 Å². The Bertz CT molecular complexity index is 951. The number of rotatable bonds is 7. The summed E-state index contributed by atoms with van der Waals surface area (Å²) >= 11 is 6.07. The van der Waals surface area contributed by atoms with Crippen molar-refractivity contribution in [3.05, 3.63) is 107 Å². The van der Waals surface area contributed by atoms with Crippen LogP contribution in [0.2, 0.25) is 5.02 Å². The van der Waals surface area contributed by atoms with Gasteiger partial charge in [0.1, 0.15) is 5.82 Å². The largest absolute Gasteiger partial charge is 0.345 e. The SMILES string of the molecule is C=CCN(Cc1cccn1Cc1cccc(Cl)c1)C(=O)c1cccc(F)c1. The molecule has 0 bridgehead atoms. The Hall–Kier alpha value is -2.85. The van der Waals surface area contributed by atoms with Crippen LogP contribution in [0, 0.1) is 5.82 Å². The fourth-order valence-electron chi connectivity index (χ4n) is 2.95. The average Bonchev–Trinajstić information content (AvgIpc) is 3.07. The smallest absolute Gasteiger partial charge is 0.254 e. The van der Waals surface area contributed by atoms with Crippen molar-refractivity contribution in [1.82, 2.24) is 9.47 Å². The van der Waals surface area contributed by atoms with Gasteiger partial charge in [0.25, 0.3) is 5.91 Å². The van der Waals surface area contributed by atoms with Crippen LogP contribution in [-0.2, 0) is 13.1 Å². The predicted octanol–water partition coefficient (Wildman–Crippen LogP) is 5.16. The standard InChI is InChI=1S/C22H20ClFN2O/c1-2-11-26(22(27)18-7-4-9-20(24)14-18)16-21-10-5-12-25(21)15-17-6-3-8-19(23)13-17/h2-10,12-14H,1,11,15-16H2. The van der Waals surface area contributed by atoms with Crippen LogP contribution in [0.25, 0.3) is 0 Å². The number of carbonyl (C=O) groups excluding carboxylic acids is 1. The molecule has 3 aromatic rings. The van der Waals surface area contributed by atoms with E-state index in [2.05, 4.69) is 11.1 Å². The summed E-state index contributed by atoms with van der Waals surface area (Å²) in [7, 11) is 0. The molecule has 1 amide bonds. The first-order chi connectivity index (χ1) is 13.1. The predicted molar refractivity (Wildman–Crippen MR) is 106 cm³/mol. The second-order valence-electron chi connectivity index (χ2n) is 6.24. The first-order valence-electron chi connectivity index (χ1n) is 8.61. The van der Waals surface area contributed by atoms with Gasteiger partial charge in [-0.05, 0) is 48.0 Å². The Morgan fingerprint density at radius 3 is 2.70 bits per heavy atom. The molecule has 0 aliphatic rings. The van der Waals surface area contributed by atoms with Gasteiger partial charge in [0.2, 0.25) is 0 Å². The number of nitrogens with zero attached hydrogens (tertiary/aromatic N) is 2. The van der Waals surface area contributed by atoms with Crippen molar-refractivity contribution < 1.29 is 9.18 Å². The number of benzene rings is 2. The fourth-order valence-corrected chi connectivity index (χ4v) is 3.17. The van der Waals surface area contributed by atoms with Gasteiger partial charge in [-0.15, -0.1) is 6.58 Å². The van der Waals surface area contributed by atoms with Crippen LogP contribution in [0.1, 0.15) is 21.6 Å². The summed E-state index contributed by atoms with van der Waals surface area (Å²) in [5.74, 6) is -0.659. The normalized spacial score (nSPS) is 10.6. The van der Waals surface area contributed by atoms with Crippen LogP contribution in [0.3, 0.4) is 0 Å². The first-order valence-corrected chi connectivity index (χ1v) is 8.99. The molecule has 0 aliphatic heterocycles. The third-order valence-electron chi connectivity index (χ3n) is 4.23. The minimum atomic E-state index is -0.427. The Morgan fingerprint density at radius 2 is 1.96 bits per heavy atom. The van der Waals surface area contributed by atoms with Crippen molar-refractivity contribution in [2.75, 3.05) is 6.54 Å². The molecule has 0 aliphatic carbocycles. The molecular weight excluding hydrogens is 363 g/mol. The van der Waals surface area contributed by atoms with Gasteiger partial charge in [-0.3, -0.25) is 4.79 Å². The molecule has 5 heteroatoms. The molecule has 0 unspecified atom stereocenters. The van der Waals surface area contributed by atoms with E-state index >= 15 is 0 Å². The average molecular weight is 383 g/mol. The van der Waals surface area contributed by atoms with Gasteiger partial charge in [0.15, 0.2) is 0 Å². The molecule has 0 fully saturated rings. The van der Waals surface area contributed by atoms with Gasteiger partial charge < -0.3 is 9.47 Å². The number of carbonyl (C=O) groups is 1. The van der Waals surface area contributed by atoms with Gasteiger partial charge in [0.05, 0.1) is 6.54 Å². The number of aromatic nitrogens is 1. The van der Waals surface area contributed by atoms with Crippen LogP contribution in [0.15, 0.2) is 79.5 Å². The van der Waals surface area contributed by atoms with Crippen LogP contribution in [0.4, 0.5) is 4.39 Å². The highest BCUT2D eigenvalue weighted by atomic mass is 35.5. The van der Waals surface area contributed by atoms with Crippen molar-refractivity contribution >= 4 is 17.5 Å². The van der Waals surface area contributed by atoms with E-state index in [1.807, 2.05) is 42.6 Å². The Labute approximate surface area is 163 Å². The minimum Gasteiger partial charge on any atom is -0.345 e. The number of halogens is 2. The lowest BCUT2D eigenvalue weighted by Gasteiger charge is -2.22. The molecule has 0 saturated carbocycles. The summed E-state index contributed by atoms with van der Waals surface area (Å²) < 4.78 is 15.6. The van der Waals surface area contributed by atoms with E-state index in [0.717, 1.165) is 11.3 Å². The van der Waals surface area contributed by atoms with Crippen molar-refractivity contribution in [3.63, 3.8) is 0 Å². The third-order valence-corrected chi connectivity index (χ3v) is 4.46. The monoisotopic (exact) mass is 382 g/mol. The first kappa shape index (κ1) is 18.9. The van der Waals surface area contributed by atoms with Crippen LogP contribution in [0.5, 0.6) is 0 Å². The second kappa shape index (κ2) is 8.69. The van der Waals surface area contributed by atoms with Crippen LogP contribution < -0.4 is 0 Å². The molecular formula is C22H20ClFN2O. The van der Waals surface area contributed by atoms with E-state index in [9.17, 15) is 9.18 Å². The zero-order valence-corrected chi connectivity index (χ0v) is 15.6. The molecule has 3 nitrogen and oxygen atoms in total. The zero-order chi connectivity index (χ0) is 19.2. The fraction of sp³-hybridized carbons (Fsp3) is 0.136. The highest BCUT2D eigenvalue weighted by molar-refractivity contribution is 6.30. The van der Waals surface area contributed by atoms with E-state index in [-0.39, 0.29) is 5.91 Å². The molecule has 3 rings (SSSR count). The zero-order valence-electron chi connectivity index (χ0n) is 14.8. The molecule has 0 spiro atoms. The lowest BCUT2D eigenvalue weighted by molar-refractivity contribution is 0.0759. The molecule has 0 atom stereocenters. The lowest BCUT2D eigenvalue weighted by Crippen LogP contribution is -2.31. The van der Waals surface area contributed by atoms with E-state index < -0.39 is 5.82 Å². The van der Waals surface area contributed by atoms with E-state index in [1.165, 1.54) is 18.2 Å². The number of hydrogen-bond donors (Lipinski definition) is 0. The van der Waals surface area contributed by atoms with Gasteiger partial charge in [0, 0.05) is 35.6 Å². The highest BCUT2D eigenvalue weighted by Crippen LogP contribution is 2.16. The molecule has 1 aromatic heterocycles. The molecule has 0 radical (unpaired) electrons. The van der Waals surface area contributed by atoms with Gasteiger partial charge in [-0.25, -0.2) is 4.39 Å². The summed E-state index contributed by atoms with van der Waals surface area (Å²) in [6.45, 7) is 5.16. The number of amides is 1. The highest BCUT2D eigenvalue weighted by Gasteiger charge is 2.17. The van der Waals surface area contributed by atoms with Crippen LogP contribution >= 0.6 is 11.6 Å². The molecule has 138 valence electrons. The summed E-state index contributed by atoms with van der Waals surface area (Å²) in [6.07, 6.45) is 3.64. The van der Waals surface area contributed by atoms with E-state index in [4.69, 9.17) is 11.6 Å². The van der Waals surface area contributed by atoms with Gasteiger partial charge >= 0.3 is 0 Å². The molecule has 1 heterocycles.